The highest BCUT2D eigenvalue weighted by molar-refractivity contribution is 7.58. The molecular formula is C34H65N5O21P2. The predicted octanol–water partition coefficient (Wildman–Crippen LogP) is -0.496. The quantitative estimate of drug-likeness (QED) is 0.0462. The van der Waals surface area contributed by atoms with E-state index in [0.717, 1.165) is 0 Å². The van der Waals surface area contributed by atoms with E-state index in [1.807, 2.05) is 0 Å². The maximum absolute atomic E-state index is 11.6. The van der Waals surface area contributed by atoms with Gasteiger partial charge in [0.15, 0.2) is 0 Å². The Bertz CT molecular complexity index is 1510. The molecule has 0 aromatic rings. The van der Waals surface area contributed by atoms with Gasteiger partial charge in [0, 0.05) is 50.1 Å². The second-order valence-corrected chi connectivity index (χ2v) is 18.2. The van der Waals surface area contributed by atoms with E-state index in [0.29, 0.717) is 32.2 Å². The Morgan fingerprint density at radius 2 is 0.952 bits per heavy atom. The van der Waals surface area contributed by atoms with Gasteiger partial charge in [-0.2, -0.15) is 9.59 Å². The maximum atomic E-state index is 11.6. The highest BCUT2D eigenvalue weighted by Gasteiger charge is 2.22. The van der Waals surface area contributed by atoms with E-state index in [9.17, 15) is 52.4 Å². The second-order valence-electron chi connectivity index (χ2n) is 14.0. The third kappa shape index (κ3) is 55.4. The highest BCUT2D eigenvalue weighted by Crippen LogP contribution is 2.43. The number of nitrogens with one attached hydrogen (secondary N) is 2. The molecule has 5 unspecified atom stereocenters. The molecule has 0 rings (SSSR count). The van der Waals surface area contributed by atoms with Crippen LogP contribution < -0.4 is 27.8 Å². The molecule has 0 saturated heterocycles. The Labute approximate surface area is 358 Å². The molecule has 62 heavy (non-hydrogen) atoms. The Hall–Kier alpha value is -4.64. The van der Waals surface area contributed by atoms with Crippen LogP contribution in [0.2, 0.25) is 0 Å². The van der Waals surface area contributed by atoms with Crippen LogP contribution in [0.5, 0.6) is 0 Å². The van der Waals surface area contributed by atoms with Gasteiger partial charge in [0.1, 0.15) is 6.04 Å². The molecule has 7 atom stereocenters. The minimum atomic E-state index is -3.97. The van der Waals surface area contributed by atoms with Crippen molar-refractivity contribution in [1.29, 1.82) is 0 Å². The Morgan fingerprint density at radius 1 is 0.581 bits per heavy atom. The number of hydrogen-bond donors (Lipinski definition) is 14. The molecule has 0 aliphatic heterocycles. The largest absolute Gasteiger partial charge is 0.481 e. The van der Waals surface area contributed by atoms with E-state index >= 15 is 0 Å². The van der Waals surface area contributed by atoms with Gasteiger partial charge >= 0.3 is 49.6 Å². The number of carbonyl (C=O) groups is 8. The fraction of sp³-hybridized carbons (Fsp3) is 0.735. The van der Waals surface area contributed by atoms with Crippen LogP contribution in [-0.4, -0.2) is 148 Å². The van der Waals surface area contributed by atoms with Crippen LogP contribution in [0.3, 0.4) is 0 Å². The van der Waals surface area contributed by atoms with Crippen LogP contribution in [0.4, 0.5) is 0 Å². The van der Waals surface area contributed by atoms with Crippen LogP contribution in [0.15, 0.2) is 0 Å². The van der Waals surface area contributed by atoms with Crippen molar-refractivity contribution in [2.45, 2.75) is 122 Å². The van der Waals surface area contributed by atoms with Crippen molar-refractivity contribution < 1.29 is 102 Å². The molecule has 362 valence electrons. The van der Waals surface area contributed by atoms with Gasteiger partial charge in [0.25, 0.3) is 0 Å². The summed E-state index contributed by atoms with van der Waals surface area (Å²) in [5, 5.41) is 55.3. The number of aliphatic carboxylic acids is 6. The molecule has 0 heterocycles. The smallest absolute Gasteiger partial charge is 0.373 e. The van der Waals surface area contributed by atoms with Crippen molar-refractivity contribution in [3.8, 4) is 0 Å². The van der Waals surface area contributed by atoms with Crippen molar-refractivity contribution in [1.82, 2.24) is 10.6 Å². The number of hydrogen-bond acceptors (Lipinski definition) is 15. The van der Waals surface area contributed by atoms with Crippen molar-refractivity contribution >= 4 is 68.7 Å². The van der Waals surface area contributed by atoms with E-state index in [2.05, 4.69) is 10.6 Å². The third-order valence-electron chi connectivity index (χ3n) is 7.39. The molecule has 0 saturated carbocycles. The van der Waals surface area contributed by atoms with Gasteiger partial charge in [0.2, 0.25) is 19.2 Å². The number of amides is 2. The molecule has 0 bridgehead atoms. The average Bonchev–Trinajstić information content (AvgIpc) is 3.10. The third-order valence-corrected chi connectivity index (χ3v) is 10.7. The minimum absolute atomic E-state index is 0.0327. The zero-order chi connectivity index (χ0) is 49.8. The fourth-order valence-corrected chi connectivity index (χ4v) is 7.33. The SMILES string of the molecule is CC(CCC(=O)O)CP(=O)(O)CCCN.CC(CCC(=O)O)CP(=O)(O)O.CC(CCC(=O)O)NC(=O)C[C@H](N)C(=O)O.CC(CCC(=O)O)NC(=O)[C@@H](N)CC(=O)O.O=C=O. The molecule has 0 aliphatic rings. The van der Waals surface area contributed by atoms with E-state index in [4.69, 9.17) is 67.2 Å². The van der Waals surface area contributed by atoms with Crippen LogP contribution >= 0.6 is 15.0 Å². The number of nitrogens with two attached hydrogens (primary N) is 3. The first-order valence-electron chi connectivity index (χ1n) is 18.7. The second kappa shape index (κ2) is 38.1. The summed E-state index contributed by atoms with van der Waals surface area (Å²) in [6.07, 6.45) is 1.46. The van der Waals surface area contributed by atoms with Gasteiger partial charge in [-0.15, -0.1) is 0 Å². The lowest BCUT2D eigenvalue weighted by Gasteiger charge is -2.15. The lowest BCUT2D eigenvalue weighted by Crippen LogP contribution is -2.45. The molecule has 2 amide bonds. The van der Waals surface area contributed by atoms with E-state index in [-0.39, 0.29) is 87.1 Å². The summed E-state index contributed by atoms with van der Waals surface area (Å²) in [6.45, 7) is 7.12. The number of rotatable bonds is 27. The summed E-state index contributed by atoms with van der Waals surface area (Å²) in [5.74, 6) is -7.44. The molecule has 0 fully saturated rings. The summed E-state index contributed by atoms with van der Waals surface area (Å²) < 4.78 is 22.0. The topological polar surface area (TPSA) is 489 Å². The number of carboxylic acids is 6. The Kier molecular flexibility index (Phi) is 40.8. The zero-order valence-electron chi connectivity index (χ0n) is 35.1. The number of carbonyl (C=O) groups excluding carboxylic acids is 4. The molecule has 0 radical (unpaired) electrons. The molecular weight excluding hydrogens is 876 g/mol. The van der Waals surface area contributed by atoms with Crippen molar-refractivity contribution in [3.63, 3.8) is 0 Å². The van der Waals surface area contributed by atoms with Crippen LogP contribution in [0.1, 0.15) is 98.3 Å². The molecule has 17 N–H and O–H groups in total. The van der Waals surface area contributed by atoms with Gasteiger partial charge < -0.3 is 73.2 Å². The van der Waals surface area contributed by atoms with Gasteiger partial charge in [-0.25, -0.2) is 0 Å². The lowest BCUT2D eigenvalue weighted by molar-refractivity contribution is -0.192. The van der Waals surface area contributed by atoms with Gasteiger partial charge in [-0.3, -0.25) is 47.5 Å². The van der Waals surface area contributed by atoms with Crippen LogP contribution in [0, 0.1) is 11.8 Å². The molecule has 28 heteroatoms. The minimum Gasteiger partial charge on any atom is -0.481 e. The van der Waals surface area contributed by atoms with Gasteiger partial charge in [-0.05, 0) is 64.3 Å². The standard InChI is InChI=1S/2C9H16N2O5.C9H20NO4P.C6H13O5P.CO2/c1-5(2-3-8(13)14)11-7(12)4-6(10)9(15)16;1-5(2-3-7(12)13)11-9(16)6(10)4-8(14)15;1-8(3-4-9(11)12)7-15(13,14)6-2-5-10;1-5(2-3-6(7)8)4-12(9,10)11;2-1-3/h5-6H,2-4,10H2,1H3,(H,11,12)(H,13,14)(H,15,16);5-6H,2-4,10H2,1H3,(H,11,16)(H,12,13)(H,14,15);8H,2-7,10H2,1H3,(H,11,12)(H,13,14);5H,2-4H2,1H3,(H,7,8)(H2,9,10,11);/t2*5?,6-;;;/m00.../s1. The first kappa shape index (κ1) is 66.5. The average molecular weight is 942 g/mol. The van der Waals surface area contributed by atoms with E-state index in [1.54, 1.807) is 27.7 Å². The highest BCUT2D eigenvalue weighted by atomic mass is 31.2. The molecule has 0 spiro atoms. The molecule has 0 aliphatic carbocycles. The van der Waals surface area contributed by atoms with Crippen molar-refractivity contribution in [2.24, 2.45) is 29.0 Å². The fourth-order valence-electron chi connectivity index (χ4n) is 4.32. The van der Waals surface area contributed by atoms with E-state index < -0.39 is 81.1 Å². The Balaban J connectivity index is -0.000000229. The predicted molar refractivity (Wildman–Crippen MR) is 217 cm³/mol. The van der Waals surface area contributed by atoms with E-state index in [1.165, 1.54) is 0 Å². The molecule has 26 nitrogen and oxygen atoms in total. The summed E-state index contributed by atoms with van der Waals surface area (Å²) >= 11 is 0. The van der Waals surface area contributed by atoms with Crippen LogP contribution in [-0.2, 0) is 57.1 Å². The number of carboxylic acid groups (broad SMARTS) is 6. The monoisotopic (exact) mass is 941 g/mol. The summed E-state index contributed by atoms with van der Waals surface area (Å²) in [4.78, 5) is 127. The maximum Gasteiger partial charge on any atom is 0.373 e. The van der Waals surface area contributed by atoms with Gasteiger partial charge in [0.05, 0.1) is 25.0 Å². The first-order chi connectivity index (χ1) is 28.2. The first-order valence-corrected chi connectivity index (χ1v) is 22.6. The molecule has 0 aromatic carbocycles. The summed E-state index contributed by atoms with van der Waals surface area (Å²) in [5.41, 5.74) is 15.7. The van der Waals surface area contributed by atoms with Gasteiger partial charge in [-0.1, -0.05) is 13.8 Å². The van der Waals surface area contributed by atoms with Crippen molar-refractivity contribution in [2.75, 3.05) is 25.0 Å². The lowest BCUT2D eigenvalue weighted by atomic mass is 10.1. The summed E-state index contributed by atoms with van der Waals surface area (Å²) in [6, 6.07) is -3.00. The van der Waals surface area contributed by atoms with Crippen LogP contribution in [0.25, 0.3) is 0 Å². The Morgan fingerprint density at radius 3 is 1.29 bits per heavy atom. The normalized spacial score (nSPS) is 14.2. The summed E-state index contributed by atoms with van der Waals surface area (Å²) in [7, 11) is -7.07. The zero-order valence-corrected chi connectivity index (χ0v) is 36.9. The van der Waals surface area contributed by atoms with Crippen molar-refractivity contribution in [3.05, 3.63) is 0 Å². The molecule has 0 aromatic heterocycles.